The standard InChI is InChI=1S/C14H21N5O/c1-3-5-9-18(10-6-4-2)13(20)12-16-14-15-8-7-11-19(14)17-12/h7-8,11H,3-6,9-10H2,1-2H3. The molecule has 0 aliphatic carbocycles. The van der Waals surface area contributed by atoms with E-state index in [-0.39, 0.29) is 11.7 Å². The summed E-state index contributed by atoms with van der Waals surface area (Å²) in [5.74, 6) is 0.593. The normalized spacial score (nSPS) is 10.9. The predicted molar refractivity (Wildman–Crippen MR) is 76.5 cm³/mol. The first-order chi connectivity index (χ1) is 9.76. The van der Waals surface area contributed by atoms with E-state index in [1.165, 1.54) is 4.52 Å². The smallest absolute Gasteiger partial charge is 0.293 e. The number of rotatable bonds is 7. The molecule has 0 saturated carbocycles. The lowest BCUT2D eigenvalue weighted by Crippen LogP contribution is -2.33. The van der Waals surface area contributed by atoms with Gasteiger partial charge in [0.15, 0.2) is 0 Å². The molecule has 0 aliphatic rings. The number of carbonyl (C=O) groups is 1. The lowest BCUT2D eigenvalue weighted by molar-refractivity contribution is 0.0739. The molecular weight excluding hydrogens is 254 g/mol. The number of fused-ring (bicyclic) bond motifs is 1. The van der Waals surface area contributed by atoms with Crippen molar-refractivity contribution in [2.24, 2.45) is 0 Å². The first-order valence-corrected chi connectivity index (χ1v) is 7.23. The Kier molecular flexibility index (Phi) is 5.03. The highest BCUT2D eigenvalue weighted by Crippen LogP contribution is 2.06. The molecule has 20 heavy (non-hydrogen) atoms. The molecule has 0 bridgehead atoms. The number of nitrogens with zero attached hydrogens (tertiary/aromatic N) is 5. The van der Waals surface area contributed by atoms with Gasteiger partial charge in [-0.3, -0.25) is 4.79 Å². The molecule has 0 N–H and O–H groups in total. The largest absolute Gasteiger partial charge is 0.336 e. The van der Waals surface area contributed by atoms with Crippen molar-refractivity contribution in [2.75, 3.05) is 13.1 Å². The van der Waals surface area contributed by atoms with Crippen LogP contribution in [0, 0.1) is 0 Å². The Morgan fingerprint density at radius 1 is 1.25 bits per heavy atom. The van der Waals surface area contributed by atoms with Crippen LogP contribution >= 0.6 is 0 Å². The maximum atomic E-state index is 12.5. The van der Waals surface area contributed by atoms with Gasteiger partial charge in [0.25, 0.3) is 11.7 Å². The van der Waals surface area contributed by atoms with Crippen LogP contribution in [0.3, 0.4) is 0 Å². The second kappa shape index (κ2) is 6.98. The number of unbranched alkanes of at least 4 members (excludes halogenated alkanes) is 2. The minimum absolute atomic E-state index is 0.0996. The van der Waals surface area contributed by atoms with E-state index in [4.69, 9.17) is 0 Å². The molecule has 108 valence electrons. The van der Waals surface area contributed by atoms with Gasteiger partial charge in [0.05, 0.1) is 0 Å². The van der Waals surface area contributed by atoms with E-state index in [1.807, 2.05) is 4.90 Å². The van der Waals surface area contributed by atoms with E-state index in [1.54, 1.807) is 18.5 Å². The second-order valence-electron chi connectivity index (χ2n) is 4.80. The fourth-order valence-electron chi connectivity index (χ4n) is 1.98. The maximum absolute atomic E-state index is 12.5. The Labute approximate surface area is 118 Å². The van der Waals surface area contributed by atoms with E-state index >= 15 is 0 Å². The second-order valence-corrected chi connectivity index (χ2v) is 4.80. The van der Waals surface area contributed by atoms with Gasteiger partial charge >= 0.3 is 0 Å². The summed E-state index contributed by atoms with van der Waals surface area (Å²) in [6, 6.07) is 1.77. The van der Waals surface area contributed by atoms with Crippen molar-refractivity contribution in [3.63, 3.8) is 0 Å². The van der Waals surface area contributed by atoms with E-state index in [0.717, 1.165) is 38.8 Å². The van der Waals surface area contributed by atoms with Crippen LogP contribution in [0.4, 0.5) is 0 Å². The van der Waals surface area contributed by atoms with Gasteiger partial charge in [0, 0.05) is 25.5 Å². The van der Waals surface area contributed by atoms with Crippen LogP contribution < -0.4 is 0 Å². The Bertz CT molecular complexity index is 524. The third-order valence-corrected chi connectivity index (χ3v) is 3.16. The topological polar surface area (TPSA) is 63.4 Å². The van der Waals surface area contributed by atoms with Gasteiger partial charge in [0.2, 0.25) is 5.82 Å². The lowest BCUT2D eigenvalue weighted by atomic mass is 10.2. The molecule has 2 rings (SSSR count). The molecule has 6 heteroatoms. The van der Waals surface area contributed by atoms with Crippen molar-refractivity contribution in [2.45, 2.75) is 39.5 Å². The summed E-state index contributed by atoms with van der Waals surface area (Å²) >= 11 is 0. The molecule has 2 aromatic rings. The van der Waals surface area contributed by atoms with Crippen LogP contribution in [0.2, 0.25) is 0 Å². The summed E-state index contributed by atoms with van der Waals surface area (Å²) in [6.07, 6.45) is 7.52. The summed E-state index contributed by atoms with van der Waals surface area (Å²) in [4.78, 5) is 22.6. The molecule has 0 unspecified atom stereocenters. The van der Waals surface area contributed by atoms with Crippen molar-refractivity contribution in [3.05, 3.63) is 24.3 Å². The van der Waals surface area contributed by atoms with E-state index in [9.17, 15) is 4.79 Å². The van der Waals surface area contributed by atoms with Gasteiger partial charge in [-0.15, -0.1) is 5.10 Å². The van der Waals surface area contributed by atoms with Crippen LogP contribution in [-0.4, -0.2) is 43.5 Å². The third-order valence-electron chi connectivity index (χ3n) is 3.16. The Morgan fingerprint density at radius 2 is 1.95 bits per heavy atom. The van der Waals surface area contributed by atoms with Crippen LogP contribution in [0.25, 0.3) is 5.78 Å². The zero-order chi connectivity index (χ0) is 14.4. The minimum Gasteiger partial charge on any atom is -0.336 e. The number of hydrogen-bond acceptors (Lipinski definition) is 4. The van der Waals surface area contributed by atoms with Crippen molar-refractivity contribution in [1.29, 1.82) is 0 Å². The fourth-order valence-corrected chi connectivity index (χ4v) is 1.98. The highest BCUT2D eigenvalue weighted by molar-refractivity contribution is 5.90. The molecule has 2 aromatic heterocycles. The van der Waals surface area contributed by atoms with Gasteiger partial charge in [-0.05, 0) is 18.9 Å². The zero-order valence-electron chi connectivity index (χ0n) is 12.1. The van der Waals surface area contributed by atoms with Crippen LogP contribution in [0.1, 0.15) is 50.1 Å². The molecule has 0 aliphatic heterocycles. The predicted octanol–water partition coefficient (Wildman–Crippen LogP) is 2.17. The van der Waals surface area contributed by atoms with E-state index in [0.29, 0.717) is 5.78 Å². The summed E-state index contributed by atoms with van der Waals surface area (Å²) < 4.78 is 1.53. The average Bonchev–Trinajstić information content (AvgIpc) is 2.90. The van der Waals surface area contributed by atoms with Gasteiger partial charge in [0.1, 0.15) is 0 Å². The number of amides is 1. The van der Waals surface area contributed by atoms with Crippen molar-refractivity contribution < 1.29 is 4.79 Å². The molecule has 1 amide bonds. The van der Waals surface area contributed by atoms with Crippen LogP contribution in [0.15, 0.2) is 18.5 Å². The monoisotopic (exact) mass is 275 g/mol. The summed E-state index contributed by atoms with van der Waals surface area (Å²) in [5, 5.41) is 4.20. The zero-order valence-corrected chi connectivity index (χ0v) is 12.1. The summed E-state index contributed by atoms with van der Waals surface area (Å²) in [6.45, 7) is 5.77. The first kappa shape index (κ1) is 14.4. The Balaban J connectivity index is 2.16. The molecule has 0 fully saturated rings. The molecule has 0 atom stereocenters. The van der Waals surface area contributed by atoms with Crippen molar-refractivity contribution in [3.8, 4) is 0 Å². The fraction of sp³-hybridized carbons (Fsp3) is 0.571. The Morgan fingerprint density at radius 3 is 2.55 bits per heavy atom. The van der Waals surface area contributed by atoms with E-state index in [2.05, 4.69) is 28.9 Å². The molecule has 6 nitrogen and oxygen atoms in total. The number of hydrogen-bond donors (Lipinski definition) is 0. The number of aromatic nitrogens is 4. The summed E-state index contributed by atoms with van der Waals surface area (Å²) in [7, 11) is 0. The average molecular weight is 275 g/mol. The van der Waals surface area contributed by atoms with Crippen LogP contribution in [-0.2, 0) is 0 Å². The highest BCUT2D eigenvalue weighted by atomic mass is 16.2. The summed E-state index contributed by atoms with van der Waals surface area (Å²) in [5.41, 5.74) is 0. The quantitative estimate of drug-likeness (QED) is 0.777. The first-order valence-electron chi connectivity index (χ1n) is 7.23. The molecule has 2 heterocycles. The van der Waals surface area contributed by atoms with Gasteiger partial charge in [-0.1, -0.05) is 26.7 Å². The minimum atomic E-state index is -0.0996. The third kappa shape index (κ3) is 3.31. The molecular formula is C14H21N5O. The molecule has 0 saturated heterocycles. The molecule has 0 aromatic carbocycles. The van der Waals surface area contributed by atoms with Crippen molar-refractivity contribution in [1.82, 2.24) is 24.5 Å². The molecule has 0 radical (unpaired) electrons. The van der Waals surface area contributed by atoms with Gasteiger partial charge in [-0.2, -0.15) is 4.98 Å². The lowest BCUT2D eigenvalue weighted by Gasteiger charge is -2.20. The highest BCUT2D eigenvalue weighted by Gasteiger charge is 2.19. The van der Waals surface area contributed by atoms with E-state index < -0.39 is 0 Å². The maximum Gasteiger partial charge on any atom is 0.293 e. The Hall–Kier alpha value is -1.98. The van der Waals surface area contributed by atoms with Crippen molar-refractivity contribution >= 4 is 11.7 Å². The number of carbonyl (C=O) groups excluding carboxylic acids is 1. The van der Waals surface area contributed by atoms with Gasteiger partial charge in [-0.25, -0.2) is 9.50 Å². The van der Waals surface area contributed by atoms with Crippen LogP contribution in [0.5, 0.6) is 0 Å². The SMILES string of the molecule is CCCCN(CCCC)C(=O)c1nc2ncccn2n1. The molecule has 0 spiro atoms. The van der Waals surface area contributed by atoms with Gasteiger partial charge < -0.3 is 4.90 Å².